The molecule has 1 aliphatic heterocycles. The third kappa shape index (κ3) is 4.72. The first-order valence-corrected chi connectivity index (χ1v) is 8.12. The fraction of sp³-hybridized carbons (Fsp3) is 0.600. The van der Waals surface area contributed by atoms with Crippen molar-refractivity contribution >= 4 is 28.3 Å². The monoisotopic (exact) mass is 396 g/mol. The number of rotatable bonds is 6. The van der Waals surface area contributed by atoms with E-state index >= 15 is 0 Å². The second-order valence-corrected chi connectivity index (χ2v) is 5.92. The van der Waals surface area contributed by atoms with Crippen LogP contribution in [-0.2, 0) is 0 Å². The molecule has 1 aromatic carbocycles. The summed E-state index contributed by atoms with van der Waals surface area (Å²) in [6.45, 7) is 5.61. The zero-order valence-electron chi connectivity index (χ0n) is 12.6. The highest BCUT2D eigenvalue weighted by atomic mass is 79.9. The summed E-state index contributed by atoms with van der Waals surface area (Å²) in [7, 11) is 0. The fourth-order valence-electron chi connectivity index (χ4n) is 2.71. The normalized spacial score (nSPS) is 16.9. The summed E-state index contributed by atoms with van der Waals surface area (Å²) in [6, 6.07) is 3.69. The van der Waals surface area contributed by atoms with Gasteiger partial charge in [-0.25, -0.2) is 0 Å². The van der Waals surface area contributed by atoms with E-state index in [9.17, 15) is 9.50 Å². The lowest BCUT2D eigenvalue weighted by Crippen LogP contribution is -2.45. The number of ether oxygens (including phenoxy) is 1. The summed E-state index contributed by atoms with van der Waals surface area (Å²) < 4.78 is 19.0. The molecular weight excluding hydrogens is 375 g/mol. The van der Waals surface area contributed by atoms with Crippen LogP contribution in [-0.4, -0.2) is 49.5 Å². The Morgan fingerprint density at radius 3 is 2.68 bits per heavy atom. The van der Waals surface area contributed by atoms with E-state index in [1.54, 1.807) is 0 Å². The number of nitrogens with zero attached hydrogens (tertiary/aromatic N) is 1. The molecule has 126 valence electrons. The molecule has 2 rings (SSSR count). The number of benzene rings is 1. The number of phenolic OH excluding ortho intramolecular Hbond substituents is 1. The van der Waals surface area contributed by atoms with Crippen LogP contribution >= 0.6 is 28.3 Å². The highest BCUT2D eigenvalue weighted by molar-refractivity contribution is 9.10. The molecule has 22 heavy (non-hydrogen) atoms. The summed E-state index contributed by atoms with van der Waals surface area (Å²) in [5.74, 6) is 0.542. The van der Waals surface area contributed by atoms with E-state index in [2.05, 4.69) is 26.1 Å². The molecule has 7 heteroatoms. The maximum absolute atomic E-state index is 13.0. The minimum absolute atomic E-state index is 0. The van der Waals surface area contributed by atoms with E-state index in [1.807, 2.05) is 19.1 Å². The number of halogens is 3. The van der Waals surface area contributed by atoms with Gasteiger partial charge in [-0.2, -0.15) is 0 Å². The predicted molar refractivity (Wildman–Crippen MR) is 92.0 cm³/mol. The molecule has 0 saturated carbocycles. The molecule has 4 nitrogen and oxygen atoms in total. The Hall–Kier alpha value is -0.560. The molecule has 1 atom stereocenters. The number of hydrogen-bond acceptors (Lipinski definition) is 4. The molecule has 0 radical (unpaired) electrons. The van der Waals surface area contributed by atoms with Gasteiger partial charge in [0.1, 0.15) is 0 Å². The zero-order valence-corrected chi connectivity index (χ0v) is 15.1. The van der Waals surface area contributed by atoms with E-state index in [4.69, 9.17) is 4.74 Å². The Bertz CT molecular complexity index is 473. The SMILES string of the molecule is CCOc1cc([C@H](CCF)N2CCNCC2)cc(Br)c1O.Cl. The first-order valence-electron chi connectivity index (χ1n) is 7.33. The third-order valence-electron chi connectivity index (χ3n) is 3.71. The van der Waals surface area contributed by atoms with Gasteiger partial charge in [-0.05, 0) is 47.0 Å². The van der Waals surface area contributed by atoms with Gasteiger partial charge < -0.3 is 15.2 Å². The first kappa shape index (κ1) is 19.5. The number of nitrogens with one attached hydrogen (secondary N) is 1. The highest BCUT2D eigenvalue weighted by Crippen LogP contribution is 2.39. The van der Waals surface area contributed by atoms with Crippen LogP contribution in [0.15, 0.2) is 16.6 Å². The molecule has 0 unspecified atom stereocenters. The van der Waals surface area contributed by atoms with Gasteiger partial charge >= 0.3 is 0 Å². The minimum atomic E-state index is -0.364. The Kier molecular flexibility index (Phi) is 8.46. The third-order valence-corrected chi connectivity index (χ3v) is 4.31. The van der Waals surface area contributed by atoms with Crippen molar-refractivity contribution in [2.75, 3.05) is 39.5 Å². The average Bonchev–Trinajstić information content (AvgIpc) is 2.50. The van der Waals surface area contributed by atoms with Crippen LogP contribution in [0.4, 0.5) is 4.39 Å². The van der Waals surface area contributed by atoms with Crippen LogP contribution in [0, 0.1) is 0 Å². The quantitative estimate of drug-likeness (QED) is 0.773. The summed E-state index contributed by atoms with van der Waals surface area (Å²) >= 11 is 3.36. The van der Waals surface area contributed by atoms with E-state index in [0.29, 0.717) is 23.2 Å². The lowest BCUT2D eigenvalue weighted by atomic mass is 10.0. The second-order valence-electron chi connectivity index (χ2n) is 5.06. The molecule has 0 bridgehead atoms. The molecule has 0 aromatic heterocycles. The molecule has 1 fully saturated rings. The Balaban J connectivity index is 0.00000242. The van der Waals surface area contributed by atoms with Crippen LogP contribution in [0.3, 0.4) is 0 Å². The standard InChI is InChI=1S/C15H22BrFN2O2.ClH/c1-2-21-14-10-11(9-12(16)15(14)20)13(3-4-17)19-7-5-18-6-8-19;/h9-10,13,18,20H,2-8H2,1H3;1H/t13-;/m0./s1. The van der Waals surface area contributed by atoms with Crippen LogP contribution in [0.5, 0.6) is 11.5 Å². The minimum Gasteiger partial charge on any atom is -0.503 e. The first-order chi connectivity index (χ1) is 10.2. The van der Waals surface area contributed by atoms with E-state index in [0.717, 1.165) is 31.7 Å². The molecule has 1 saturated heterocycles. The second kappa shape index (κ2) is 9.55. The molecule has 1 aliphatic rings. The topological polar surface area (TPSA) is 44.7 Å². The lowest BCUT2D eigenvalue weighted by Gasteiger charge is -2.35. The Morgan fingerprint density at radius 2 is 2.09 bits per heavy atom. The van der Waals surface area contributed by atoms with Crippen LogP contribution in [0.25, 0.3) is 0 Å². The van der Waals surface area contributed by atoms with Gasteiger partial charge in [-0.1, -0.05) is 0 Å². The highest BCUT2D eigenvalue weighted by Gasteiger charge is 2.24. The number of alkyl halides is 1. The van der Waals surface area contributed by atoms with Crippen molar-refractivity contribution in [3.8, 4) is 11.5 Å². The maximum Gasteiger partial charge on any atom is 0.172 e. The molecule has 2 N–H and O–H groups in total. The van der Waals surface area contributed by atoms with E-state index < -0.39 is 0 Å². The van der Waals surface area contributed by atoms with Crippen LogP contribution < -0.4 is 10.1 Å². The van der Waals surface area contributed by atoms with E-state index in [1.165, 1.54) is 0 Å². The Morgan fingerprint density at radius 1 is 1.41 bits per heavy atom. The van der Waals surface area contributed by atoms with Gasteiger partial charge in [-0.15, -0.1) is 12.4 Å². The van der Waals surface area contributed by atoms with Crippen LogP contribution in [0.1, 0.15) is 24.9 Å². The van der Waals surface area contributed by atoms with Crippen molar-refractivity contribution < 1.29 is 14.2 Å². The van der Waals surface area contributed by atoms with Gasteiger partial charge in [0, 0.05) is 32.2 Å². The zero-order chi connectivity index (χ0) is 15.2. The Labute approximate surface area is 145 Å². The summed E-state index contributed by atoms with van der Waals surface area (Å²) in [5, 5.41) is 13.3. The number of aromatic hydroxyl groups is 1. The van der Waals surface area contributed by atoms with Gasteiger partial charge in [-0.3, -0.25) is 9.29 Å². The largest absolute Gasteiger partial charge is 0.503 e. The van der Waals surface area contributed by atoms with Crippen molar-refractivity contribution in [2.45, 2.75) is 19.4 Å². The molecule has 0 amide bonds. The van der Waals surface area contributed by atoms with Gasteiger partial charge in [0.25, 0.3) is 0 Å². The average molecular weight is 398 g/mol. The van der Waals surface area contributed by atoms with Crippen molar-refractivity contribution in [3.05, 3.63) is 22.2 Å². The number of phenols is 1. The van der Waals surface area contributed by atoms with Crippen molar-refractivity contribution in [1.29, 1.82) is 0 Å². The smallest absolute Gasteiger partial charge is 0.172 e. The van der Waals surface area contributed by atoms with Gasteiger partial charge in [0.15, 0.2) is 11.5 Å². The number of piperazine rings is 1. The molecule has 1 aromatic rings. The van der Waals surface area contributed by atoms with Gasteiger partial charge in [0.05, 0.1) is 17.8 Å². The summed E-state index contributed by atoms with van der Waals surface area (Å²) in [4.78, 5) is 2.28. The van der Waals surface area contributed by atoms with Crippen molar-refractivity contribution in [3.63, 3.8) is 0 Å². The van der Waals surface area contributed by atoms with Crippen LogP contribution in [0.2, 0.25) is 0 Å². The van der Waals surface area contributed by atoms with E-state index in [-0.39, 0.29) is 30.9 Å². The molecular formula is C15H23BrClFN2O2. The van der Waals surface area contributed by atoms with Crippen molar-refractivity contribution in [1.82, 2.24) is 10.2 Å². The summed E-state index contributed by atoms with van der Waals surface area (Å²) in [6.07, 6.45) is 0.447. The molecule has 0 aliphatic carbocycles. The summed E-state index contributed by atoms with van der Waals surface area (Å²) in [5.41, 5.74) is 0.975. The van der Waals surface area contributed by atoms with Gasteiger partial charge in [0.2, 0.25) is 0 Å². The lowest BCUT2D eigenvalue weighted by molar-refractivity contribution is 0.157. The van der Waals surface area contributed by atoms with Crippen molar-refractivity contribution in [2.24, 2.45) is 0 Å². The fourth-order valence-corrected chi connectivity index (χ4v) is 3.17. The maximum atomic E-state index is 13.0. The number of hydrogen-bond donors (Lipinski definition) is 2. The predicted octanol–water partition coefficient (Wildman–Crippen LogP) is 3.28. The molecule has 1 heterocycles. The molecule has 0 spiro atoms.